The second-order valence-corrected chi connectivity index (χ2v) is 6.13. The summed E-state index contributed by atoms with van der Waals surface area (Å²) < 4.78 is 0. The Morgan fingerprint density at radius 3 is 3.00 bits per heavy atom. The maximum Gasteiger partial charge on any atom is 0.134 e. The molecule has 5 nitrogen and oxygen atoms in total. The Labute approximate surface area is 142 Å². The second-order valence-electron chi connectivity index (χ2n) is 5.72. The molecule has 3 rings (SSSR count). The number of nitrogens with one attached hydrogen (secondary N) is 2. The van der Waals surface area contributed by atoms with Gasteiger partial charge in [0.05, 0.1) is 0 Å². The lowest BCUT2D eigenvalue weighted by Gasteiger charge is -2.26. The molecule has 1 aliphatic rings. The number of nitrogens with zero attached hydrogens (tertiary/aromatic N) is 3. The van der Waals surface area contributed by atoms with Crippen molar-refractivity contribution in [1.82, 2.24) is 15.3 Å². The van der Waals surface area contributed by atoms with Crippen LogP contribution in [0.3, 0.4) is 0 Å². The first-order chi connectivity index (χ1) is 11.3. The van der Waals surface area contributed by atoms with Gasteiger partial charge in [0, 0.05) is 43.8 Å². The van der Waals surface area contributed by atoms with Crippen molar-refractivity contribution >= 4 is 23.2 Å². The van der Waals surface area contributed by atoms with Gasteiger partial charge in [-0.15, -0.1) is 0 Å². The van der Waals surface area contributed by atoms with Crippen molar-refractivity contribution in [1.29, 1.82) is 0 Å². The van der Waals surface area contributed by atoms with E-state index in [1.165, 1.54) is 12.8 Å². The summed E-state index contributed by atoms with van der Waals surface area (Å²) in [5.74, 6) is 1.84. The van der Waals surface area contributed by atoms with Crippen molar-refractivity contribution in [3.63, 3.8) is 0 Å². The molecule has 0 aliphatic carbocycles. The van der Waals surface area contributed by atoms with Gasteiger partial charge in [0.1, 0.15) is 18.0 Å². The van der Waals surface area contributed by atoms with Gasteiger partial charge in [-0.05, 0) is 24.5 Å². The summed E-state index contributed by atoms with van der Waals surface area (Å²) in [7, 11) is 1.87. The molecule has 1 atom stereocenters. The van der Waals surface area contributed by atoms with E-state index >= 15 is 0 Å². The molecule has 122 valence electrons. The Bertz CT molecular complexity index is 648. The van der Waals surface area contributed by atoms with E-state index in [9.17, 15) is 0 Å². The fourth-order valence-corrected chi connectivity index (χ4v) is 3.21. The molecule has 0 radical (unpaired) electrons. The third-order valence-electron chi connectivity index (χ3n) is 4.23. The second kappa shape index (κ2) is 7.62. The Morgan fingerprint density at radius 2 is 2.17 bits per heavy atom. The Kier molecular flexibility index (Phi) is 5.31. The third kappa shape index (κ3) is 3.92. The maximum absolute atomic E-state index is 6.20. The van der Waals surface area contributed by atoms with Crippen LogP contribution in [0.2, 0.25) is 5.02 Å². The molecule has 0 saturated carbocycles. The molecular weight excluding hydrogens is 310 g/mol. The summed E-state index contributed by atoms with van der Waals surface area (Å²) in [6, 6.07) is 10.4. The number of hydrogen-bond donors (Lipinski definition) is 2. The number of anilines is 2. The molecule has 23 heavy (non-hydrogen) atoms. The average molecular weight is 332 g/mol. The van der Waals surface area contributed by atoms with Crippen LogP contribution >= 0.6 is 11.6 Å². The third-order valence-corrected chi connectivity index (χ3v) is 4.60. The maximum atomic E-state index is 6.20. The summed E-state index contributed by atoms with van der Waals surface area (Å²) in [5, 5.41) is 7.41. The largest absolute Gasteiger partial charge is 0.373 e. The van der Waals surface area contributed by atoms with Gasteiger partial charge < -0.3 is 15.5 Å². The predicted octanol–water partition coefficient (Wildman–Crippen LogP) is 2.93. The molecule has 1 aliphatic heterocycles. The van der Waals surface area contributed by atoms with E-state index < -0.39 is 0 Å². The summed E-state index contributed by atoms with van der Waals surface area (Å²) >= 11 is 6.20. The smallest absolute Gasteiger partial charge is 0.134 e. The minimum Gasteiger partial charge on any atom is -0.373 e. The molecule has 0 unspecified atom stereocenters. The van der Waals surface area contributed by atoms with Crippen molar-refractivity contribution in [2.45, 2.75) is 25.4 Å². The zero-order valence-electron chi connectivity index (χ0n) is 13.3. The van der Waals surface area contributed by atoms with Gasteiger partial charge in [-0.25, -0.2) is 9.97 Å². The van der Waals surface area contributed by atoms with Crippen molar-refractivity contribution in [3.05, 3.63) is 47.2 Å². The van der Waals surface area contributed by atoms with E-state index in [4.69, 9.17) is 11.6 Å². The highest BCUT2D eigenvalue weighted by molar-refractivity contribution is 6.31. The van der Waals surface area contributed by atoms with Gasteiger partial charge in [-0.2, -0.15) is 0 Å². The van der Waals surface area contributed by atoms with Gasteiger partial charge in [-0.1, -0.05) is 29.8 Å². The molecule has 0 bridgehead atoms. The highest BCUT2D eigenvalue weighted by Crippen LogP contribution is 2.24. The van der Waals surface area contributed by atoms with Crippen LogP contribution in [0.4, 0.5) is 11.6 Å². The topological polar surface area (TPSA) is 53.1 Å². The monoisotopic (exact) mass is 331 g/mol. The number of halogens is 1. The summed E-state index contributed by atoms with van der Waals surface area (Å²) in [6.45, 7) is 2.75. The number of aromatic nitrogens is 2. The van der Waals surface area contributed by atoms with Gasteiger partial charge in [0.15, 0.2) is 0 Å². The quantitative estimate of drug-likeness (QED) is 0.852. The normalized spacial score (nSPS) is 17.5. The van der Waals surface area contributed by atoms with Crippen LogP contribution in [-0.4, -0.2) is 36.1 Å². The molecular formula is C17H22ClN5. The number of benzene rings is 1. The highest BCUT2D eigenvalue weighted by atomic mass is 35.5. The van der Waals surface area contributed by atoms with Crippen molar-refractivity contribution in [3.8, 4) is 0 Å². The van der Waals surface area contributed by atoms with Gasteiger partial charge >= 0.3 is 0 Å². The van der Waals surface area contributed by atoms with Crippen LogP contribution in [0.5, 0.6) is 0 Å². The molecule has 1 aromatic carbocycles. The number of rotatable bonds is 6. The SMILES string of the molecule is CNc1cc(N2CCC[C@H]2CNCc2ccccc2Cl)ncn1. The molecule has 2 aromatic rings. The first-order valence-electron chi connectivity index (χ1n) is 7.98. The lowest BCUT2D eigenvalue weighted by Crippen LogP contribution is -2.38. The molecule has 1 saturated heterocycles. The first-order valence-corrected chi connectivity index (χ1v) is 8.36. The van der Waals surface area contributed by atoms with Crippen molar-refractivity contribution < 1.29 is 0 Å². The zero-order chi connectivity index (χ0) is 16.1. The van der Waals surface area contributed by atoms with Crippen LogP contribution < -0.4 is 15.5 Å². The number of hydrogen-bond acceptors (Lipinski definition) is 5. The first kappa shape index (κ1) is 16.0. The van der Waals surface area contributed by atoms with Crippen LogP contribution in [-0.2, 0) is 6.54 Å². The Morgan fingerprint density at radius 1 is 1.30 bits per heavy atom. The minimum atomic E-state index is 0.456. The van der Waals surface area contributed by atoms with Crippen molar-refractivity contribution in [2.75, 3.05) is 30.4 Å². The van der Waals surface area contributed by atoms with E-state index in [0.29, 0.717) is 6.04 Å². The zero-order valence-corrected chi connectivity index (χ0v) is 14.1. The lowest BCUT2D eigenvalue weighted by molar-refractivity contribution is 0.571. The predicted molar refractivity (Wildman–Crippen MR) is 95.1 cm³/mol. The van der Waals surface area contributed by atoms with Gasteiger partial charge in [0.25, 0.3) is 0 Å². The van der Waals surface area contributed by atoms with Gasteiger partial charge in [-0.3, -0.25) is 0 Å². The van der Waals surface area contributed by atoms with E-state index in [1.807, 2.05) is 31.3 Å². The van der Waals surface area contributed by atoms with Crippen LogP contribution in [0.15, 0.2) is 36.7 Å². The lowest BCUT2D eigenvalue weighted by atomic mass is 10.2. The molecule has 0 spiro atoms. The van der Waals surface area contributed by atoms with E-state index in [0.717, 1.165) is 41.9 Å². The summed E-state index contributed by atoms with van der Waals surface area (Å²) in [6.07, 6.45) is 3.99. The van der Waals surface area contributed by atoms with E-state index in [-0.39, 0.29) is 0 Å². The molecule has 0 amide bonds. The van der Waals surface area contributed by atoms with Crippen LogP contribution in [0, 0.1) is 0 Å². The Hall–Kier alpha value is -1.85. The van der Waals surface area contributed by atoms with Crippen molar-refractivity contribution in [2.24, 2.45) is 0 Å². The minimum absolute atomic E-state index is 0.456. The fourth-order valence-electron chi connectivity index (χ4n) is 3.01. The molecule has 2 N–H and O–H groups in total. The molecule has 6 heteroatoms. The highest BCUT2D eigenvalue weighted by Gasteiger charge is 2.25. The molecule has 2 heterocycles. The molecule has 1 fully saturated rings. The summed E-state index contributed by atoms with van der Waals surface area (Å²) in [5.41, 5.74) is 1.14. The summed E-state index contributed by atoms with van der Waals surface area (Å²) in [4.78, 5) is 11.0. The van der Waals surface area contributed by atoms with E-state index in [1.54, 1.807) is 6.33 Å². The fraction of sp³-hybridized carbons (Fsp3) is 0.412. The Balaban J connectivity index is 1.60. The average Bonchev–Trinajstić information content (AvgIpc) is 3.05. The van der Waals surface area contributed by atoms with Crippen LogP contribution in [0.1, 0.15) is 18.4 Å². The van der Waals surface area contributed by atoms with Crippen LogP contribution in [0.25, 0.3) is 0 Å². The standard InChI is InChI=1S/C17H22ClN5/c1-19-16-9-17(22-12-21-16)23-8-4-6-14(23)11-20-10-13-5-2-3-7-15(13)18/h2-3,5,7,9,12,14,20H,4,6,8,10-11H2,1H3,(H,19,21,22)/t14-/m0/s1. The van der Waals surface area contributed by atoms with E-state index in [2.05, 4.69) is 31.6 Å². The molecule has 1 aromatic heterocycles. The van der Waals surface area contributed by atoms with Gasteiger partial charge in [0.2, 0.25) is 0 Å².